The van der Waals surface area contributed by atoms with Gasteiger partial charge in [0.05, 0.1) is 0 Å². The third-order valence-electron chi connectivity index (χ3n) is 2.67. The van der Waals surface area contributed by atoms with E-state index >= 15 is 0 Å². The molecule has 19 heavy (non-hydrogen) atoms. The molecule has 1 atom stereocenters. The lowest BCUT2D eigenvalue weighted by Gasteiger charge is -2.11. The lowest BCUT2D eigenvalue weighted by atomic mass is 10.0. The number of para-hydroxylation sites is 1. The normalized spacial score (nSPS) is 12.0. The fourth-order valence-corrected chi connectivity index (χ4v) is 1.82. The highest BCUT2D eigenvalue weighted by Gasteiger charge is 2.28. The average molecular weight is 261 g/mol. The van der Waals surface area contributed by atoms with E-state index in [2.05, 4.69) is 4.98 Å². The number of hydrogen-bond donors (Lipinski definition) is 4. The van der Waals surface area contributed by atoms with Gasteiger partial charge in [-0.15, -0.1) is 0 Å². The van der Waals surface area contributed by atoms with Crippen LogP contribution in [0.2, 0.25) is 0 Å². The van der Waals surface area contributed by atoms with Gasteiger partial charge in [0, 0.05) is 22.7 Å². The molecule has 0 aliphatic carbocycles. The molecule has 0 aliphatic rings. The van der Waals surface area contributed by atoms with Crippen LogP contribution >= 0.6 is 0 Å². The minimum atomic E-state index is -1.60. The van der Waals surface area contributed by atoms with Gasteiger partial charge in [-0.25, -0.2) is 4.79 Å². The van der Waals surface area contributed by atoms with Gasteiger partial charge < -0.3 is 21.1 Å². The molecule has 0 bridgehead atoms. The molecular formula is C12H11N3O4. The van der Waals surface area contributed by atoms with Crippen molar-refractivity contribution in [2.75, 3.05) is 0 Å². The first kappa shape index (κ1) is 12.6. The first-order valence-corrected chi connectivity index (χ1v) is 5.40. The largest absolute Gasteiger partial charge is 0.465 e. The van der Waals surface area contributed by atoms with Gasteiger partial charge in [0.1, 0.15) is 0 Å². The van der Waals surface area contributed by atoms with Gasteiger partial charge in [-0.3, -0.25) is 9.59 Å². The number of aromatic amines is 1. The summed E-state index contributed by atoms with van der Waals surface area (Å²) in [7, 11) is 0. The van der Waals surface area contributed by atoms with Crippen LogP contribution in [0.4, 0.5) is 4.79 Å². The molecule has 2 amide bonds. The van der Waals surface area contributed by atoms with Crippen LogP contribution in [0.5, 0.6) is 0 Å². The second-order valence-electron chi connectivity index (χ2n) is 3.90. The molecule has 7 nitrogen and oxygen atoms in total. The highest BCUT2D eigenvalue weighted by molar-refractivity contribution is 6.19. The van der Waals surface area contributed by atoms with E-state index in [0.29, 0.717) is 10.9 Å². The topological polar surface area (TPSA) is 125 Å². The van der Waals surface area contributed by atoms with Crippen LogP contribution in [0.1, 0.15) is 10.4 Å². The zero-order chi connectivity index (χ0) is 14.0. The SMILES string of the molecule is NC(=O)C(NC(=O)O)C(=O)c1c[nH]c2ccccc12. The molecule has 0 fully saturated rings. The molecule has 2 rings (SSSR count). The molecule has 5 N–H and O–H groups in total. The number of rotatable bonds is 4. The van der Waals surface area contributed by atoms with E-state index in [9.17, 15) is 14.4 Å². The van der Waals surface area contributed by atoms with Gasteiger partial charge in [-0.2, -0.15) is 0 Å². The van der Waals surface area contributed by atoms with Crippen LogP contribution < -0.4 is 11.1 Å². The Hall–Kier alpha value is -2.83. The molecule has 0 spiro atoms. The number of primary amides is 1. The summed E-state index contributed by atoms with van der Waals surface area (Å²) >= 11 is 0. The van der Waals surface area contributed by atoms with Crippen molar-refractivity contribution < 1.29 is 19.5 Å². The van der Waals surface area contributed by atoms with Crippen LogP contribution in [0.15, 0.2) is 30.5 Å². The van der Waals surface area contributed by atoms with Gasteiger partial charge in [0.25, 0.3) is 0 Å². The Kier molecular flexibility index (Phi) is 3.19. The Morgan fingerprint density at radius 1 is 1.26 bits per heavy atom. The van der Waals surface area contributed by atoms with E-state index in [1.165, 1.54) is 6.20 Å². The predicted octanol–water partition coefficient (Wildman–Crippen LogP) is 0.472. The summed E-state index contributed by atoms with van der Waals surface area (Å²) in [6.07, 6.45) is -0.0658. The van der Waals surface area contributed by atoms with Crippen molar-refractivity contribution >= 4 is 28.7 Å². The van der Waals surface area contributed by atoms with Crippen LogP contribution in [0.25, 0.3) is 10.9 Å². The van der Waals surface area contributed by atoms with E-state index in [-0.39, 0.29) is 5.56 Å². The Morgan fingerprint density at radius 3 is 2.58 bits per heavy atom. The molecule has 0 saturated heterocycles. The first-order chi connectivity index (χ1) is 9.00. The van der Waals surface area contributed by atoms with Gasteiger partial charge in [0.15, 0.2) is 11.8 Å². The Morgan fingerprint density at radius 2 is 1.95 bits per heavy atom. The van der Waals surface area contributed by atoms with Crippen molar-refractivity contribution in [3.05, 3.63) is 36.0 Å². The van der Waals surface area contributed by atoms with Crippen molar-refractivity contribution in [3.63, 3.8) is 0 Å². The van der Waals surface area contributed by atoms with Gasteiger partial charge >= 0.3 is 6.09 Å². The summed E-state index contributed by atoms with van der Waals surface area (Å²) < 4.78 is 0. The fourth-order valence-electron chi connectivity index (χ4n) is 1.82. The van der Waals surface area contributed by atoms with Crippen molar-refractivity contribution in [3.8, 4) is 0 Å². The quantitative estimate of drug-likeness (QED) is 0.471. The van der Waals surface area contributed by atoms with Crippen LogP contribution in [0, 0.1) is 0 Å². The minimum Gasteiger partial charge on any atom is -0.465 e. The predicted molar refractivity (Wildman–Crippen MR) is 66.8 cm³/mol. The van der Waals surface area contributed by atoms with E-state index < -0.39 is 23.8 Å². The highest BCUT2D eigenvalue weighted by Crippen LogP contribution is 2.19. The molecule has 0 aliphatic heterocycles. The lowest BCUT2D eigenvalue weighted by molar-refractivity contribution is -0.118. The summed E-state index contributed by atoms with van der Waals surface area (Å²) in [5.74, 6) is -1.73. The van der Waals surface area contributed by atoms with Crippen LogP contribution in [0.3, 0.4) is 0 Å². The second kappa shape index (κ2) is 4.81. The number of nitrogens with one attached hydrogen (secondary N) is 2. The van der Waals surface area contributed by atoms with E-state index in [4.69, 9.17) is 10.8 Å². The number of benzene rings is 1. The molecular weight excluding hydrogens is 250 g/mol. The summed E-state index contributed by atoms with van der Waals surface area (Å²) in [6.45, 7) is 0. The summed E-state index contributed by atoms with van der Waals surface area (Å²) in [5, 5.41) is 11.0. The number of carbonyl (C=O) groups excluding carboxylic acids is 2. The zero-order valence-corrected chi connectivity index (χ0v) is 9.71. The molecule has 98 valence electrons. The fraction of sp³-hybridized carbons (Fsp3) is 0.0833. The summed E-state index contributed by atoms with van der Waals surface area (Å²) in [6, 6.07) is 5.37. The molecule has 1 heterocycles. The second-order valence-corrected chi connectivity index (χ2v) is 3.90. The monoisotopic (exact) mass is 261 g/mol. The number of Topliss-reactive ketones (excluding diaryl/α,β-unsaturated/α-hetero) is 1. The molecule has 0 saturated carbocycles. The number of carboxylic acid groups (broad SMARTS) is 1. The van der Waals surface area contributed by atoms with E-state index in [0.717, 1.165) is 0 Å². The van der Waals surface area contributed by atoms with Gasteiger partial charge in [-0.05, 0) is 6.07 Å². The minimum absolute atomic E-state index is 0.216. The number of fused-ring (bicyclic) bond motifs is 1. The molecule has 1 aromatic carbocycles. The third-order valence-corrected chi connectivity index (χ3v) is 2.67. The summed E-state index contributed by atoms with van der Waals surface area (Å²) in [4.78, 5) is 36.8. The molecule has 7 heteroatoms. The van der Waals surface area contributed by atoms with E-state index in [1.807, 2.05) is 5.32 Å². The van der Waals surface area contributed by atoms with Crippen LogP contribution in [-0.2, 0) is 4.79 Å². The molecule has 1 unspecified atom stereocenters. The maximum atomic E-state index is 12.2. The lowest BCUT2D eigenvalue weighted by Crippen LogP contribution is -2.49. The summed E-state index contributed by atoms with van der Waals surface area (Å²) in [5.41, 5.74) is 5.97. The first-order valence-electron chi connectivity index (χ1n) is 5.40. The third kappa shape index (κ3) is 2.39. The van der Waals surface area contributed by atoms with Crippen molar-refractivity contribution in [2.24, 2.45) is 5.73 Å². The van der Waals surface area contributed by atoms with Crippen LogP contribution in [-0.4, -0.2) is 33.9 Å². The number of aromatic nitrogens is 1. The zero-order valence-electron chi connectivity index (χ0n) is 9.71. The number of nitrogens with two attached hydrogens (primary N) is 1. The number of amides is 2. The van der Waals surface area contributed by atoms with E-state index in [1.54, 1.807) is 24.3 Å². The number of carbonyl (C=O) groups is 3. The number of H-pyrrole nitrogens is 1. The number of ketones is 1. The smallest absolute Gasteiger partial charge is 0.405 e. The van der Waals surface area contributed by atoms with Crippen molar-refractivity contribution in [1.82, 2.24) is 10.3 Å². The molecule has 0 radical (unpaired) electrons. The Labute approximate surface area is 107 Å². The van der Waals surface area contributed by atoms with Crippen molar-refractivity contribution in [1.29, 1.82) is 0 Å². The van der Waals surface area contributed by atoms with Gasteiger partial charge in [0.2, 0.25) is 5.91 Å². The Bertz CT molecular complexity index is 662. The maximum absolute atomic E-state index is 12.2. The average Bonchev–Trinajstić information content (AvgIpc) is 2.78. The molecule has 1 aromatic heterocycles. The van der Waals surface area contributed by atoms with Crippen molar-refractivity contribution in [2.45, 2.75) is 6.04 Å². The van der Waals surface area contributed by atoms with Gasteiger partial charge in [-0.1, -0.05) is 18.2 Å². The highest BCUT2D eigenvalue weighted by atomic mass is 16.4. The standard InChI is InChI=1S/C12H11N3O4/c13-11(17)9(15-12(18)19)10(16)7-5-14-8-4-2-1-3-6(7)8/h1-5,9,14-15H,(H2,13,17)(H,18,19). The number of hydrogen-bond acceptors (Lipinski definition) is 3. The molecule has 2 aromatic rings. The maximum Gasteiger partial charge on any atom is 0.405 e. The Balaban J connectivity index is 2.41.